The molecule has 1 aromatic heterocycles. The van der Waals surface area contributed by atoms with Gasteiger partial charge in [0, 0.05) is 31.4 Å². The third-order valence-electron chi connectivity index (χ3n) is 5.40. The van der Waals surface area contributed by atoms with E-state index in [9.17, 15) is 0 Å². The van der Waals surface area contributed by atoms with E-state index in [0.29, 0.717) is 12.1 Å². The molecule has 28 heavy (non-hydrogen) atoms. The molecule has 0 amide bonds. The second-order valence-electron chi connectivity index (χ2n) is 7.32. The number of benzene rings is 1. The summed E-state index contributed by atoms with van der Waals surface area (Å²) < 4.78 is 10.7. The number of piperazine rings is 1. The molecule has 0 radical (unpaired) electrons. The van der Waals surface area contributed by atoms with Gasteiger partial charge in [0.25, 0.3) is 0 Å². The van der Waals surface area contributed by atoms with Crippen LogP contribution < -0.4 is 14.4 Å². The second kappa shape index (κ2) is 10.5. The van der Waals surface area contributed by atoms with E-state index in [-0.39, 0.29) is 12.4 Å². The molecule has 1 saturated heterocycles. The number of methoxy groups -OCH3 is 2. The highest BCUT2D eigenvalue weighted by Crippen LogP contribution is 2.28. The molecule has 1 aliphatic heterocycles. The van der Waals surface area contributed by atoms with Crippen molar-refractivity contribution in [1.82, 2.24) is 9.88 Å². The number of rotatable bonds is 7. The Morgan fingerprint density at radius 3 is 2.32 bits per heavy atom. The zero-order valence-corrected chi connectivity index (χ0v) is 18.1. The SMILES string of the molecule is COc1ccc(CCCN2C(C)CN(c3ccccn3)CC2C)cc1OC.Cl. The topological polar surface area (TPSA) is 37.8 Å². The lowest BCUT2D eigenvalue weighted by Crippen LogP contribution is -2.57. The first-order valence-corrected chi connectivity index (χ1v) is 9.75. The molecule has 1 aromatic carbocycles. The minimum absolute atomic E-state index is 0. The van der Waals surface area contributed by atoms with Crippen molar-refractivity contribution in [3.63, 3.8) is 0 Å². The molecule has 6 heteroatoms. The van der Waals surface area contributed by atoms with Crippen LogP contribution in [-0.4, -0.2) is 55.8 Å². The summed E-state index contributed by atoms with van der Waals surface area (Å²) in [4.78, 5) is 9.54. The average Bonchev–Trinajstić information content (AvgIpc) is 2.70. The maximum Gasteiger partial charge on any atom is 0.160 e. The summed E-state index contributed by atoms with van der Waals surface area (Å²) >= 11 is 0. The van der Waals surface area contributed by atoms with Crippen molar-refractivity contribution in [3.05, 3.63) is 48.2 Å². The molecule has 1 aliphatic rings. The van der Waals surface area contributed by atoms with Gasteiger partial charge in [0.05, 0.1) is 14.2 Å². The highest BCUT2D eigenvalue weighted by atomic mass is 35.5. The van der Waals surface area contributed by atoms with Crippen LogP contribution in [0.2, 0.25) is 0 Å². The minimum atomic E-state index is 0. The fraction of sp³-hybridized carbons (Fsp3) is 0.500. The highest BCUT2D eigenvalue weighted by Gasteiger charge is 2.29. The summed E-state index contributed by atoms with van der Waals surface area (Å²) in [5, 5.41) is 0. The van der Waals surface area contributed by atoms with E-state index in [2.05, 4.69) is 52.9 Å². The zero-order valence-electron chi connectivity index (χ0n) is 17.3. The van der Waals surface area contributed by atoms with Gasteiger partial charge >= 0.3 is 0 Å². The van der Waals surface area contributed by atoms with Crippen LogP contribution in [0.5, 0.6) is 11.5 Å². The van der Waals surface area contributed by atoms with Crippen molar-refractivity contribution in [1.29, 1.82) is 0 Å². The van der Waals surface area contributed by atoms with E-state index in [0.717, 1.165) is 49.8 Å². The standard InChI is InChI=1S/C22H31N3O2.ClH/c1-17-15-24(22-9-5-6-12-23-22)16-18(2)25(17)13-7-8-19-10-11-20(26-3)21(14-19)27-4;/h5-6,9-12,14,17-18H,7-8,13,15-16H2,1-4H3;1H. The Morgan fingerprint density at radius 1 is 1.00 bits per heavy atom. The van der Waals surface area contributed by atoms with Crippen molar-refractivity contribution in [2.24, 2.45) is 0 Å². The Labute approximate surface area is 175 Å². The van der Waals surface area contributed by atoms with Gasteiger partial charge in [-0.1, -0.05) is 12.1 Å². The fourth-order valence-electron chi connectivity index (χ4n) is 4.03. The average molecular weight is 406 g/mol. The molecule has 0 spiro atoms. The molecule has 0 N–H and O–H groups in total. The van der Waals surface area contributed by atoms with Crippen LogP contribution >= 0.6 is 12.4 Å². The van der Waals surface area contributed by atoms with Gasteiger partial charge in [0.15, 0.2) is 11.5 Å². The predicted octanol–water partition coefficient (Wildman–Crippen LogP) is 4.05. The molecule has 5 nitrogen and oxygen atoms in total. The molecule has 1 fully saturated rings. The normalized spacial score (nSPS) is 19.8. The Hall–Kier alpha value is -1.98. The maximum atomic E-state index is 5.41. The summed E-state index contributed by atoms with van der Waals surface area (Å²) in [6.45, 7) is 7.80. The monoisotopic (exact) mass is 405 g/mol. The Morgan fingerprint density at radius 2 is 1.71 bits per heavy atom. The number of halogens is 1. The van der Waals surface area contributed by atoms with Crippen LogP contribution in [0.25, 0.3) is 0 Å². The largest absolute Gasteiger partial charge is 0.493 e. The van der Waals surface area contributed by atoms with Crippen LogP contribution in [0.15, 0.2) is 42.6 Å². The molecule has 0 bridgehead atoms. The number of aryl methyl sites for hydroxylation is 1. The van der Waals surface area contributed by atoms with Crippen molar-refractivity contribution in [2.75, 3.05) is 38.8 Å². The summed E-state index contributed by atoms with van der Waals surface area (Å²) in [6.07, 6.45) is 4.05. The van der Waals surface area contributed by atoms with Crippen molar-refractivity contribution < 1.29 is 9.47 Å². The van der Waals surface area contributed by atoms with Gasteiger partial charge in [-0.3, -0.25) is 4.90 Å². The molecular formula is C22H32ClN3O2. The number of ether oxygens (including phenoxy) is 2. The molecule has 0 aliphatic carbocycles. The van der Waals surface area contributed by atoms with E-state index >= 15 is 0 Å². The quantitative estimate of drug-likeness (QED) is 0.694. The van der Waals surface area contributed by atoms with Crippen LogP contribution in [-0.2, 0) is 6.42 Å². The lowest BCUT2D eigenvalue weighted by molar-refractivity contribution is 0.130. The van der Waals surface area contributed by atoms with Crippen LogP contribution in [0.4, 0.5) is 5.82 Å². The molecule has 2 atom stereocenters. The lowest BCUT2D eigenvalue weighted by Gasteiger charge is -2.45. The van der Waals surface area contributed by atoms with E-state index in [1.807, 2.05) is 18.3 Å². The van der Waals surface area contributed by atoms with Gasteiger partial charge in [-0.05, 0) is 63.1 Å². The smallest absolute Gasteiger partial charge is 0.160 e. The first-order valence-electron chi connectivity index (χ1n) is 9.75. The number of hydrogen-bond acceptors (Lipinski definition) is 5. The molecular weight excluding hydrogens is 374 g/mol. The van der Waals surface area contributed by atoms with Gasteiger partial charge < -0.3 is 14.4 Å². The lowest BCUT2D eigenvalue weighted by atomic mass is 10.0. The molecule has 3 rings (SSSR count). The molecule has 154 valence electrons. The summed E-state index contributed by atoms with van der Waals surface area (Å²) in [5.41, 5.74) is 1.29. The summed E-state index contributed by atoms with van der Waals surface area (Å²) in [6, 6.07) is 13.4. The Kier molecular flexibility index (Phi) is 8.39. The van der Waals surface area contributed by atoms with Crippen molar-refractivity contribution >= 4 is 18.2 Å². The van der Waals surface area contributed by atoms with E-state index < -0.39 is 0 Å². The van der Waals surface area contributed by atoms with E-state index in [1.54, 1.807) is 14.2 Å². The number of nitrogens with zero attached hydrogens (tertiary/aromatic N) is 3. The Balaban J connectivity index is 0.00000280. The zero-order chi connectivity index (χ0) is 19.2. The number of hydrogen-bond donors (Lipinski definition) is 0. The number of anilines is 1. The minimum Gasteiger partial charge on any atom is -0.493 e. The van der Waals surface area contributed by atoms with Crippen molar-refractivity contribution in [2.45, 2.75) is 38.8 Å². The third-order valence-corrected chi connectivity index (χ3v) is 5.40. The molecule has 0 saturated carbocycles. The fourth-order valence-corrected chi connectivity index (χ4v) is 4.03. The van der Waals surface area contributed by atoms with Crippen LogP contribution in [0.3, 0.4) is 0 Å². The van der Waals surface area contributed by atoms with Gasteiger partial charge in [-0.25, -0.2) is 4.98 Å². The van der Waals surface area contributed by atoms with Gasteiger partial charge in [-0.15, -0.1) is 12.4 Å². The molecule has 2 aromatic rings. The highest BCUT2D eigenvalue weighted by molar-refractivity contribution is 5.85. The van der Waals surface area contributed by atoms with Crippen molar-refractivity contribution in [3.8, 4) is 11.5 Å². The first kappa shape index (κ1) is 22.3. The van der Waals surface area contributed by atoms with Crippen LogP contribution in [0, 0.1) is 0 Å². The summed E-state index contributed by atoms with van der Waals surface area (Å²) in [5.74, 6) is 2.68. The first-order chi connectivity index (χ1) is 13.1. The van der Waals surface area contributed by atoms with E-state index in [4.69, 9.17) is 9.47 Å². The van der Waals surface area contributed by atoms with E-state index in [1.165, 1.54) is 5.56 Å². The predicted molar refractivity (Wildman–Crippen MR) is 117 cm³/mol. The maximum absolute atomic E-state index is 5.41. The third kappa shape index (κ3) is 5.30. The van der Waals surface area contributed by atoms with Crippen LogP contribution in [0.1, 0.15) is 25.8 Å². The van der Waals surface area contributed by atoms with Gasteiger partial charge in [0.1, 0.15) is 5.82 Å². The van der Waals surface area contributed by atoms with Gasteiger partial charge in [0.2, 0.25) is 0 Å². The second-order valence-corrected chi connectivity index (χ2v) is 7.32. The number of aromatic nitrogens is 1. The summed E-state index contributed by atoms with van der Waals surface area (Å²) in [7, 11) is 3.36. The van der Waals surface area contributed by atoms with Gasteiger partial charge in [-0.2, -0.15) is 0 Å². The Bertz CT molecular complexity index is 717. The molecule has 2 unspecified atom stereocenters. The number of pyridine rings is 1. The molecule has 2 heterocycles.